The van der Waals surface area contributed by atoms with Crippen LogP contribution >= 0.6 is 0 Å². The number of carbonyl (C=O) groups is 1. The Labute approximate surface area is 118 Å². The predicted octanol–water partition coefficient (Wildman–Crippen LogP) is 3.01. The number of non-ortho nitro benzene ring substituents is 1. The van der Waals surface area contributed by atoms with Crippen molar-refractivity contribution in [1.29, 1.82) is 0 Å². The van der Waals surface area contributed by atoms with Crippen LogP contribution in [0.3, 0.4) is 0 Å². The van der Waals surface area contributed by atoms with E-state index >= 15 is 0 Å². The molecule has 0 spiro atoms. The number of nitro benzene ring substituents is 1. The maximum absolute atomic E-state index is 13.0. The lowest BCUT2D eigenvalue weighted by Gasteiger charge is -2.08. The number of nitro groups is 1. The molecule has 0 atom stereocenters. The Morgan fingerprint density at radius 3 is 2.71 bits per heavy atom. The van der Waals surface area contributed by atoms with E-state index in [-0.39, 0.29) is 29.2 Å². The van der Waals surface area contributed by atoms with Gasteiger partial charge in [-0.05, 0) is 18.2 Å². The summed E-state index contributed by atoms with van der Waals surface area (Å²) in [7, 11) is 0. The lowest BCUT2D eigenvalue weighted by Crippen LogP contribution is -2.06. The Morgan fingerprint density at radius 2 is 2.05 bits per heavy atom. The van der Waals surface area contributed by atoms with Gasteiger partial charge in [-0.3, -0.25) is 10.1 Å². The highest BCUT2D eigenvalue weighted by atomic mass is 19.1. The Morgan fingerprint density at radius 1 is 1.29 bits per heavy atom. The van der Waals surface area contributed by atoms with E-state index in [1.807, 2.05) is 0 Å². The van der Waals surface area contributed by atoms with E-state index in [9.17, 15) is 19.3 Å². The van der Waals surface area contributed by atoms with Gasteiger partial charge in [-0.1, -0.05) is 12.1 Å². The minimum Gasteiger partial charge on any atom is -0.489 e. The lowest BCUT2D eigenvalue weighted by atomic mass is 10.1. The van der Waals surface area contributed by atoms with Crippen LogP contribution < -0.4 is 4.74 Å². The van der Waals surface area contributed by atoms with Gasteiger partial charge in [0.05, 0.1) is 16.6 Å². The van der Waals surface area contributed by atoms with E-state index in [0.717, 1.165) is 12.1 Å². The molecule has 7 heteroatoms. The van der Waals surface area contributed by atoms with Crippen molar-refractivity contribution in [2.45, 2.75) is 6.61 Å². The SMILES string of the molecule is O=C(O)c1cc(F)ccc1COc1cccc([N+](=O)[O-])c1. The summed E-state index contributed by atoms with van der Waals surface area (Å²) in [5.41, 5.74) is -0.0686. The molecule has 0 aliphatic carbocycles. The van der Waals surface area contributed by atoms with Crippen molar-refractivity contribution in [3.05, 3.63) is 69.5 Å². The first kappa shape index (κ1) is 14.4. The number of aromatic carboxylic acids is 1. The Balaban J connectivity index is 2.18. The molecule has 0 aliphatic heterocycles. The summed E-state index contributed by atoms with van der Waals surface area (Å²) in [6.45, 7) is -0.136. The molecule has 2 aromatic carbocycles. The second-order valence-electron chi connectivity index (χ2n) is 4.15. The van der Waals surface area contributed by atoms with E-state index in [0.29, 0.717) is 0 Å². The molecule has 0 amide bonds. The molecule has 0 aromatic heterocycles. The highest BCUT2D eigenvalue weighted by molar-refractivity contribution is 5.89. The van der Waals surface area contributed by atoms with E-state index in [1.54, 1.807) is 0 Å². The topological polar surface area (TPSA) is 89.7 Å². The summed E-state index contributed by atoms with van der Waals surface area (Å²) in [5, 5.41) is 19.6. The van der Waals surface area contributed by atoms with Gasteiger partial charge in [0, 0.05) is 11.6 Å². The first-order valence-electron chi connectivity index (χ1n) is 5.86. The average Bonchev–Trinajstić information content (AvgIpc) is 2.46. The van der Waals surface area contributed by atoms with Gasteiger partial charge in [0.25, 0.3) is 5.69 Å². The molecule has 6 nitrogen and oxygen atoms in total. The second-order valence-corrected chi connectivity index (χ2v) is 4.15. The Bertz CT molecular complexity index is 702. The van der Waals surface area contributed by atoms with E-state index in [1.165, 1.54) is 30.3 Å². The Hall–Kier alpha value is -2.96. The molecule has 2 rings (SSSR count). The van der Waals surface area contributed by atoms with Gasteiger partial charge in [0.15, 0.2) is 0 Å². The molecule has 2 aromatic rings. The third-order valence-electron chi connectivity index (χ3n) is 2.73. The van der Waals surface area contributed by atoms with Crippen molar-refractivity contribution in [2.24, 2.45) is 0 Å². The van der Waals surface area contributed by atoms with Crippen LogP contribution in [0, 0.1) is 15.9 Å². The van der Waals surface area contributed by atoms with Crippen molar-refractivity contribution >= 4 is 11.7 Å². The first-order chi connectivity index (χ1) is 9.97. The van der Waals surface area contributed by atoms with Crippen LogP contribution in [-0.2, 0) is 6.61 Å². The maximum Gasteiger partial charge on any atom is 0.336 e. The van der Waals surface area contributed by atoms with Gasteiger partial charge in [-0.25, -0.2) is 9.18 Å². The molecule has 0 heterocycles. The fraction of sp³-hybridized carbons (Fsp3) is 0.0714. The monoisotopic (exact) mass is 291 g/mol. The molecule has 21 heavy (non-hydrogen) atoms. The summed E-state index contributed by atoms with van der Waals surface area (Å²) < 4.78 is 18.4. The average molecular weight is 291 g/mol. The molecule has 0 aliphatic rings. The maximum atomic E-state index is 13.0. The first-order valence-corrected chi connectivity index (χ1v) is 5.86. The summed E-state index contributed by atoms with van der Waals surface area (Å²) in [5.74, 6) is -1.71. The van der Waals surface area contributed by atoms with Crippen molar-refractivity contribution < 1.29 is 24.0 Å². The van der Waals surface area contributed by atoms with E-state index < -0.39 is 16.7 Å². The van der Waals surface area contributed by atoms with Crippen LogP contribution in [0.25, 0.3) is 0 Å². The third-order valence-corrected chi connectivity index (χ3v) is 2.73. The largest absolute Gasteiger partial charge is 0.489 e. The van der Waals surface area contributed by atoms with Crippen LogP contribution in [0.4, 0.5) is 10.1 Å². The van der Waals surface area contributed by atoms with Crippen molar-refractivity contribution in [3.8, 4) is 5.75 Å². The number of hydrogen-bond acceptors (Lipinski definition) is 4. The third kappa shape index (κ3) is 3.53. The standard InChI is InChI=1S/C14H10FNO5/c15-10-5-4-9(13(6-10)14(17)18)8-21-12-3-1-2-11(7-12)16(19)20/h1-7H,8H2,(H,17,18). The number of rotatable bonds is 5. The van der Waals surface area contributed by atoms with Gasteiger partial charge in [0.1, 0.15) is 18.2 Å². The van der Waals surface area contributed by atoms with Crippen LogP contribution in [-0.4, -0.2) is 16.0 Å². The molecule has 108 valence electrons. The van der Waals surface area contributed by atoms with Crippen LogP contribution in [0.5, 0.6) is 5.75 Å². The van der Waals surface area contributed by atoms with Gasteiger partial charge < -0.3 is 9.84 Å². The number of hydrogen-bond donors (Lipinski definition) is 1. The zero-order valence-corrected chi connectivity index (χ0v) is 10.7. The number of halogens is 1. The van der Waals surface area contributed by atoms with Crippen LogP contribution in [0.2, 0.25) is 0 Å². The number of nitrogens with zero attached hydrogens (tertiary/aromatic N) is 1. The van der Waals surface area contributed by atoms with Gasteiger partial charge >= 0.3 is 5.97 Å². The minimum absolute atomic E-state index is 0.134. The smallest absolute Gasteiger partial charge is 0.336 e. The fourth-order valence-electron chi connectivity index (χ4n) is 1.72. The van der Waals surface area contributed by atoms with Gasteiger partial charge in [-0.15, -0.1) is 0 Å². The molecular weight excluding hydrogens is 281 g/mol. The minimum atomic E-state index is -1.27. The molecule has 0 saturated heterocycles. The highest BCUT2D eigenvalue weighted by Crippen LogP contribution is 2.21. The zero-order chi connectivity index (χ0) is 15.4. The molecule has 0 bridgehead atoms. The molecule has 0 unspecified atom stereocenters. The molecule has 0 radical (unpaired) electrons. The summed E-state index contributed by atoms with van der Waals surface area (Å²) in [4.78, 5) is 21.1. The molecule has 0 saturated carbocycles. The number of ether oxygens (including phenoxy) is 1. The second kappa shape index (κ2) is 6.00. The number of carboxylic acid groups (broad SMARTS) is 1. The summed E-state index contributed by atoms with van der Waals surface area (Å²) in [6.07, 6.45) is 0. The van der Waals surface area contributed by atoms with Gasteiger partial charge in [-0.2, -0.15) is 0 Å². The molecular formula is C14H10FNO5. The van der Waals surface area contributed by atoms with Crippen molar-refractivity contribution in [3.63, 3.8) is 0 Å². The van der Waals surface area contributed by atoms with Crippen LogP contribution in [0.1, 0.15) is 15.9 Å². The number of carboxylic acids is 1. The predicted molar refractivity (Wildman–Crippen MR) is 70.8 cm³/mol. The normalized spacial score (nSPS) is 10.1. The molecule has 0 fully saturated rings. The fourth-order valence-corrected chi connectivity index (χ4v) is 1.72. The van der Waals surface area contributed by atoms with Crippen LogP contribution in [0.15, 0.2) is 42.5 Å². The van der Waals surface area contributed by atoms with E-state index in [4.69, 9.17) is 9.84 Å². The zero-order valence-electron chi connectivity index (χ0n) is 10.7. The van der Waals surface area contributed by atoms with Crippen molar-refractivity contribution in [1.82, 2.24) is 0 Å². The lowest BCUT2D eigenvalue weighted by molar-refractivity contribution is -0.384. The summed E-state index contributed by atoms with van der Waals surface area (Å²) in [6, 6.07) is 8.83. The Kier molecular flexibility index (Phi) is 4.13. The quantitative estimate of drug-likeness (QED) is 0.675. The number of benzene rings is 2. The highest BCUT2D eigenvalue weighted by Gasteiger charge is 2.12. The summed E-state index contributed by atoms with van der Waals surface area (Å²) >= 11 is 0. The molecule has 1 N–H and O–H groups in total. The van der Waals surface area contributed by atoms with Gasteiger partial charge in [0.2, 0.25) is 0 Å². The van der Waals surface area contributed by atoms with E-state index in [2.05, 4.69) is 0 Å². The van der Waals surface area contributed by atoms with Crippen molar-refractivity contribution in [2.75, 3.05) is 0 Å².